The first-order valence-electron chi connectivity index (χ1n) is 6.60. The van der Waals surface area contributed by atoms with Crippen LogP contribution >= 0.6 is 0 Å². The third-order valence-corrected chi connectivity index (χ3v) is 3.38. The van der Waals surface area contributed by atoms with E-state index in [1.807, 2.05) is 20.8 Å². The van der Waals surface area contributed by atoms with Crippen molar-refractivity contribution in [2.75, 3.05) is 19.7 Å². The largest absolute Gasteiger partial charge is 0.444 e. The third kappa shape index (κ3) is 3.14. The van der Waals surface area contributed by atoms with Crippen molar-refractivity contribution in [1.82, 2.24) is 4.90 Å². The van der Waals surface area contributed by atoms with Crippen LogP contribution in [0.2, 0.25) is 0 Å². The Morgan fingerprint density at radius 3 is 2.78 bits per heavy atom. The number of amides is 1. The van der Waals surface area contributed by atoms with Gasteiger partial charge in [-0.15, -0.1) is 0 Å². The standard InChI is InChI=1S/C13H23NO4/c1-12(2,3)18-11(16)14-6-4-5-13(9-14)7-10(15)8-17-13/h10,15H,4-9H2,1-3H3/t10?,13-/m0/s1. The van der Waals surface area contributed by atoms with Crippen LogP contribution in [-0.2, 0) is 9.47 Å². The molecule has 18 heavy (non-hydrogen) atoms. The van der Waals surface area contributed by atoms with Crippen molar-refractivity contribution < 1.29 is 19.4 Å². The van der Waals surface area contributed by atoms with Gasteiger partial charge in [-0.1, -0.05) is 0 Å². The first-order chi connectivity index (χ1) is 8.30. The van der Waals surface area contributed by atoms with Gasteiger partial charge in [-0.3, -0.25) is 0 Å². The molecule has 5 heteroatoms. The molecule has 0 bridgehead atoms. The number of rotatable bonds is 0. The van der Waals surface area contributed by atoms with Crippen LogP contribution in [0.15, 0.2) is 0 Å². The number of likely N-dealkylation sites (tertiary alicyclic amines) is 1. The maximum absolute atomic E-state index is 12.0. The third-order valence-electron chi connectivity index (χ3n) is 3.38. The van der Waals surface area contributed by atoms with Crippen LogP contribution in [0.3, 0.4) is 0 Å². The Hall–Kier alpha value is -0.810. The van der Waals surface area contributed by atoms with Gasteiger partial charge in [0.25, 0.3) is 0 Å². The van der Waals surface area contributed by atoms with E-state index in [9.17, 15) is 9.90 Å². The van der Waals surface area contributed by atoms with Crippen LogP contribution in [-0.4, -0.2) is 53.1 Å². The lowest BCUT2D eigenvalue weighted by Gasteiger charge is -2.39. The van der Waals surface area contributed by atoms with E-state index in [0.717, 1.165) is 12.8 Å². The fourth-order valence-corrected chi connectivity index (χ4v) is 2.69. The number of carbonyl (C=O) groups is 1. The first kappa shape index (κ1) is 13.6. The molecule has 1 N–H and O–H groups in total. The summed E-state index contributed by atoms with van der Waals surface area (Å²) >= 11 is 0. The van der Waals surface area contributed by atoms with E-state index >= 15 is 0 Å². The van der Waals surface area contributed by atoms with Gasteiger partial charge in [0.2, 0.25) is 0 Å². The Morgan fingerprint density at radius 2 is 2.22 bits per heavy atom. The second-order valence-electron chi connectivity index (χ2n) is 6.36. The first-order valence-corrected chi connectivity index (χ1v) is 6.60. The van der Waals surface area contributed by atoms with Gasteiger partial charge in [-0.2, -0.15) is 0 Å². The summed E-state index contributed by atoms with van der Waals surface area (Å²) in [6.07, 6.45) is 1.73. The van der Waals surface area contributed by atoms with E-state index in [1.54, 1.807) is 4.90 Å². The molecule has 104 valence electrons. The van der Waals surface area contributed by atoms with Crippen LogP contribution < -0.4 is 0 Å². The Morgan fingerprint density at radius 1 is 1.50 bits per heavy atom. The minimum atomic E-state index is -0.474. The van der Waals surface area contributed by atoms with Crippen molar-refractivity contribution >= 4 is 6.09 Å². The van der Waals surface area contributed by atoms with Crippen molar-refractivity contribution in [1.29, 1.82) is 0 Å². The average molecular weight is 257 g/mol. The molecule has 0 aromatic heterocycles. The summed E-state index contributed by atoms with van der Waals surface area (Å²) in [7, 11) is 0. The van der Waals surface area contributed by atoms with Crippen molar-refractivity contribution in [2.45, 2.75) is 57.3 Å². The average Bonchev–Trinajstić information content (AvgIpc) is 2.57. The van der Waals surface area contributed by atoms with Gasteiger partial charge >= 0.3 is 6.09 Å². The quantitative estimate of drug-likeness (QED) is 0.715. The monoisotopic (exact) mass is 257 g/mol. The number of carbonyl (C=O) groups excluding carboxylic acids is 1. The molecule has 2 fully saturated rings. The van der Waals surface area contributed by atoms with Gasteiger partial charge < -0.3 is 19.5 Å². The van der Waals surface area contributed by atoms with E-state index in [2.05, 4.69) is 0 Å². The SMILES string of the molecule is CC(C)(C)OC(=O)N1CCC[C@]2(CC(O)CO2)C1. The zero-order valence-electron chi connectivity index (χ0n) is 11.4. The lowest BCUT2D eigenvalue weighted by atomic mass is 9.89. The van der Waals surface area contributed by atoms with Crippen LogP contribution in [0.5, 0.6) is 0 Å². The molecule has 2 heterocycles. The number of hydrogen-bond donors (Lipinski definition) is 1. The molecule has 1 amide bonds. The second-order valence-corrected chi connectivity index (χ2v) is 6.36. The fourth-order valence-electron chi connectivity index (χ4n) is 2.69. The molecule has 2 aliphatic heterocycles. The number of ether oxygens (including phenoxy) is 2. The fraction of sp³-hybridized carbons (Fsp3) is 0.923. The molecule has 2 aliphatic rings. The molecule has 0 saturated carbocycles. The number of aliphatic hydroxyl groups excluding tert-OH is 1. The number of aliphatic hydroxyl groups is 1. The maximum Gasteiger partial charge on any atom is 0.410 e. The van der Waals surface area contributed by atoms with Crippen molar-refractivity contribution in [3.8, 4) is 0 Å². The summed E-state index contributed by atoms with van der Waals surface area (Å²) in [5.41, 5.74) is -0.827. The Kier molecular flexibility index (Phi) is 3.56. The Balaban J connectivity index is 1.97. The second kappa shape index (κ2) is 4.70. The normalized spacial score (nSPS) is 32.9. The molecular formula is C13H23NO4. The summed E-state index contributed by atoms with van der Waals surface area (Å²) in [5, 5.41) is 9.60. The van der Waals surface area contributed by atoms with Gasteiger partial charge in [-0.05, 0) is 33.6 Å². The zero-order valence-corrected chi connectivity index (χ0v) is 11.4. The molecule has 5 nitrogen and oxygen atoms in total. The van der Waals surface area contributed by atoms with E-state index < -0.39 is 11.7 Å². The van der Waals surface area contributed by atoms with Crippen LogP contribution in [0.4, 0.5) is 4.79 Å². The van der Waals surface area contributed by atoms with Crippen molar-refractivity contribution in [2.24, 2.45) is 0 Å². The lowest BCUT2D eigenvalue weighted by molar-refractivity contribution is -0.0580. The highest BCUT2D eigenvalue weighted by Crippen LogP contribution is 2.35. The molecule has 1 unspecified atom stereocenters. The van der Waals surface area contributed by atoms with Crippen molar-refractivity contribution in [3.05, 3.63) is 0 Å². The summed E-state index contributed by atoms with van der Waals surface area (Å²) in [4.78, 5) is 13.7. The van der Waals surface area contributed by atoms with Gasteiger partial charge in [0.1, 0.15) is 5.60 Å². The maximum atomic E-state index is 12.0. The molecule has 2 rings (SSSR count). The summed E-state index contributed by atoms with van der Waals surface area (Å²) in [6, 6.07) is 0. The highest BCUT2D eigenvalue weighted by molar-refractivity contribution is 5.68. The predicted octanol–water partition coefficient (Wildman–Crippen LogP) is 1.54. The number of hydrogen-bond acceptors (Lipinski definition) is 4. The van der Waals surface area contributed by atoms with E-state index in [4.69, 9.17) is 9.47 Å². The molecule has 0 aliphatic carbocycles. The van der Waals surface area contributed by atoms with E-state index in [-0.39, 0.29) is 11.7 Å². The topological polar surface area (TPSA) is 59.0 Å². The molecule has 0 aromatic carbocycles. The number of nitrogens with zero attached hydrogens (tertiary/aromatic N) is 1. The number of piperidine rings is 1. The highest BCUT2D eigenvalue weighted by atomic mass is 16.6. The molecule has 0 aromatic rings. The molecule has 2 atom stereocenters. The Bertz CT molecular complexity index is 321. The summed E-state index contributed by atoms with van der Waals surface area (Å²) in [5.74, 6) is 0. The predicted molar refractivity (Wildman–Crippen MR) is 66.3 cm³/mol. The minimum Gasteiger partial charge on any atom is -0.444 e. The van der Waals surface area contributed by atoms with Gasteiger partial charge in [0.15, 0.2) is 0 Å². The lowest BCUT2D eigenvalue weighted by Crippen LogP contribution is -2.51. The van der Waals surface area contributed by atoms with Crippen molar-refractivity contribution in [3.63, 3.8) is 0 Å². The highest BCUT2D eigenvalue weighted by Gasteiger charge is 2.44. The summed E-state index contributed by atoms with van der Waals surface area (Å²) < 4.78 is 11.1. The molecule has 0 radical (unpaired) electrons. The molecule has 2 saturated heterocycles. The zero-order chi connectivity index (χ0) is 13.4. The van der Waals surface area contributed by atoms with Crippen LogP contribution in [0.1, 0.15) is 40.0 Å². The van der Waals surface area contributed by atoms with Gasteiger partial charge in [0, 0.05) is 13.0 Å². The van der Waals surface area contributed by atoms with Crippen LogP contribution in [0, 0.1) is 0 Å². The molecular weight excluding hydrogens is 234 g/mol. The minimum absolute atomic E-state index is 0.286. The molecule has 1 spiro atoms. The summed E-state index contributed by atoms with van der Waals surface area (Å²) in [6.45, 7) is 7.19. The smallest absolute Gasteiger partial charge is 0.410 e. The van der Waals surface area contributed by atoms with E-state index in [1.165, 1.54) is 0 Å². The van der Waals surface area contributed by atoms with Crippen LogP contribution in [0.25, 0.3) is 0 Å². The van der Waals surface area contributed by atoms with E-state index in [0.29, 0.717) is 26.1 Å². The van der Waals surface area contributed by atoms with Gasteiger partial charge in [0.05, 0.1) is 24.9 Å². The van der Waals surface area contributed by atoms with Gasteiger partial charge in [-0.25, -0.2) is 4.79 Å². The Labute approximate surface area is 108 Å².